The Balaban J connectivity index is 2.21. The van der Waals surface area contributed by atoms with Crippen LogP contribution in [0.25, 0.3) is 0 Å². The first kappa shape index (κ1) is 19.0. The smallest absolute Gasteiger partial charge is 0.336 e. The summed E-state index contributed by atoms with van der Waals surface area (Å²) in [5.74, 6) is 0.332. The van der Waals surface area contributed by atoms with Crippen LogP contribution in [0, 0.1) is 0 Å². The Morgan fingerprint density at radius 2 is 2.00 bits per heavy atom. The van der Waals surface area contributed by atoms with E-state index in [9.17, 15) is 9.59 Å². The fourth-order valence-electron chi connectivity index (χ4n) is 3.83. The van der Waals surface area contributed by atoms with Crippen LogP contribution in [0.3, 0.4) is 0 Å². The first-order chi connectivity index (χ1) is 13.0. The molecule has 6 heteroatoms. The van der Waals surface area contributed by atoms with Crippen LogP contribution in [-0.4, -0.2) is 32.6 Å². The Kier molecular flexibility index (Phi) is 5.54. The normalized spacial score (nSPS) is 19.4. The van der Waals surface area contributed by atoms with Gasteiger partial charge in [0.15, 0.2) is 5.78 Å². The average Bonchev–Trinajstić information content (AvgIpc) is 2.66. The Morgan fingerprint density at radius 3 is 2.67 bits per heavy atom. The number of ketones is 1. The number of hydrogen-bond donors (Lipinski definition) is 1. The lowest BCUT2D eigenvalue weighted by atomic mass is 9.75. The molecule has 2 aliphatic rings. The summed E-state index contributed by atoms with van der Waals surface area (Å²) in [4.78, 5) is 25.6. The van der Waals surface area contributed by atoms with Gasteiger partial charge in [0.2, 0.25) is 0 Å². The first-order valence-corrected chi connectivity index (χ1v) is 9.14. The van der Waals surface area contributed by atoms with Crippen LogP contribution < -0.4 is 14.8 Å². The topological polar surface area (TPSA) is 73.9 Å². The van der Waals surface area contributed by atoms with Crippen molar-refractivity contribution >= 4 is 11.8 Å². The molecule has 0 saturated heterocycles. The zero-order valence-corrected chi connectivity index (χ0v) is 16.2. The van der Waals surface area contributed by atoms with Crippen molar-refractivity contribution in [3.63, 3.8) is 0 Å². The molecule has 3 rings (SSSR count). The highest BCUT2D eigenvalue weighted by molar-refractivity contribution is 6.04. The maximum absolute atomic E-state index is 12.8. The molecule has 144 valence electrons. The van der Waals surface area contributed by atoms with Crippen molar-refractivity contribution in [3.05, 3.63) is 46.3 Å². The number of benzene rings is 1. The standard InChI is InChI=1S/C21H25NO5/c1-5-27-21(24)18-12(2)22-15-7-6-8-16(23)20(15)19(18)14-10-9-13(25-3)11-17(14)26-4/h9-11,19,22H,5-8H2,1-4H3. The van der Waals surface area contributed by atoms with Crippen molar-refractivity contribution in [2.45, 2.75) is 39.0 Å². The monoisotopic (exact) mass is 371 g/mol. The molecular weight excluding hydrogens is 346 g/mol. The van der Waals surface area contributed by atoms with E-state index in [4.69, 9.17) is 14.2 Å². The second-order valence-corrected chi connectivity index (χ2v) is 6.59. The van der Waals surface area contributed by atoms with Gasteiger partial charge in [0.05, 0.1) is 32.3 Å². The fraction of sp³-hybridized carbons (Fsp3) is 0.429. The number of Topliss-reactive ketones (excluding diaryl/α,β-unsaturated/α-hetero) is 1. The highest BCUT2D eigenvalue weighted by Crippen LogP contribution is 2.45. The summed E-state index contributed by atoms with van der Waals surface area (Å²) in [6.45, 7) is 3.88. The van der Waals surface area contributed by atoms with Gasteiger partial charge in [0.1, 0.15) is 11.5 Å². The number of ether oxygens (including phenoxy) is 3. The number of allylic oxidation sites excluding steroid dienone is 3. The molecule has 1 N–H and O–H groups in total. The van der Waals surface area contributed by atoms with Crippen LogP contribution in [0.2, 0.25) is 0 Å². The van der Waals surface area contributed by atoms with Gasteiger partial charge in [-0.1, -0.05) is 6.07 Å². The number of nitrogens with one attached hydrogen (secondary N) is 1. The molecule has 0 radical (unpaired) electrons. The van der Waals surface area contributed by atoms with Gasteiger partial charge in [-0.05, 0) is 32.8 Å². The quantitative estimate of drug-likeness (QED) is 0.801. The molecule has 1 aromatic rings. The van der Waals surface area contributed by atoms with Gasteiger partial charge in [-0.3, -0.25) is 4.79 Å². The predicted molar refractivity (Wildman–Crippen MR) is 101 cm³/mol. The largest absolute Gasteiger partial charge is 0.497 e. The lowest BCUT2D eigenvalue weighted by molar-refractivity contribution is -0.138. The number of carbonyl (C=O) groups is 2. The van der Waals surface area contributed by atoms with E-state index in [1.165, 1.54) is 0 Å². The van der Waals surface area contributed by atoms with Crippen LogP contribution >= 0.6 is 0 Å². The predicted octanol–water partition coefficient (Wildman–Crippen LogP) is 3.23. The zero-order chi connectivity index (χ0) is 19.6. The van der Waals surface area contributed by atoms with Crippen molar-refractivity contribution < 1.29 is 23.8 Å². The molecule has 1 unspecified atom stereocenters. The molecule has 1 atom stereocenters. The van der Waals surface area contributed by atoms with Crippen molar-refractivity contribution in [1.29, 1.82) is 0 Å². The molecule has 1 heterocycles. The summed E-state index contributed by atoms with van der Waals surface area (Å²) in [6.07, 6.45) is 2.06. The minimum atomic E-state index is -0.519. The van der Waals surface area contributed by atoms with E-state index in [0.717, 1.165) is 24.1 Å². The molecular formula is C21H25NO5. The third-order valence-corrected chi connectivity index (χ3v) is 5.02. The minimum absolute atomic E-state index is 0.0564. The molecule has 6 nitrogen and oxygen atoms in total. The lowest BCUT2D eigenvalue weighted by Gasteiger charge is -2.34. The van der Waals surface area contributed by atoms with Crippen LogP contribution in [0.4, 0.5) is 0 Å². The van der Waals surface area contributed by atoms with E-state index >= 15 is 0 Å². The molecule has 0 saturated carbocycles. The van der Waals surface area contributed by atoms with Crippen LogP contribution in [0.15, 0.2) is 40.7 Å². The number of esters is 1. The number of dihydropyridines is 1. The number of methoxy groups -OCH3 is 2. The maximum atomic E-state index is 12.8. The van der Waals surface area contributed by atoms with Crippen molar-refractivity contribution in [3.8, 4) is 11.5 Å². The van der Waals surface area contributed by atoms with Crippen molar-refractivity contribution in [1.82, 2.24) is 5.32 Å². The van der Waals surface area contributed by atoms with Crippen LogP contribution in [-0.2, 0) is 14.3 Å². The highest BCUT2D eigenvalue weighted by Gasteiger charge is 2.40. The fourth-order valence-corrected chi connectivity index (χ4v) is 3.83. The highest BCUT2D eigenvalue weighted by atomic mass is 16.5. The molecule has 1 aromatic carbocycles. The number of hydrogen-bond acceptors (Lipinski definition) is 6. The van der Waals surface area contributed by atoms with Gasteiger partial charge < -0.3 is 19.5 Å². The lowest BCUT2D eigenvalue weighted by Crippen LogP contribution is -2.34. The summed E-state index contributed by atoms with van der Waals surface area (Å²) < 4.78 is 16.2. The summed E-state index contributed by atoms with van der Waals surface area (Å²) >= 11 is 0. The maximum Gasteiger partial charge on any atom is 0.336 e. The molecule has 1 aliphatic heterocycles. The van der Waals surface area contributed by atoms with E-state index in [0.29, 0.717) is 34.8 Å². The molecule has 0 spiro atoms. The van der Waals surface area contributed by atoms with Gasteiger partial charge in [0.25, 0.3) is 0 Å². The van der Waals surface area contributed by atoms with Gasteiger partial charge >= 0.3 is 5.97 Å². The Labute approximate surface area is 159 Å². The summed E-state index contributed by atoms with van der Waals surface area (Å²) in [6, 6.07) is 5.43. The minimum Gasteiger partial charge on any atom is -0.497 e. The molecule has 27 heavy (non-hydrogen) atoms. The molecule has 0 amide bonds. The first-order valence-electron chi connectivity index (χ1n) is 9.14. The molecule has 0 fully saturated rings. The number of rotatable bonds is 5. The molecule has 0 bridgehead atoms. The van der Waals surface area contributed by atoms with E-state index in [1.54, 1.807) is 27.2 Å². The van der Waals surface area contributed by atoms with Crippen molar-refractivity contribution in [2.24, 2.45) is 0 Å². The van der Waals surface area contributed by atoms with Crippen molar-refractivity contribution in [2.75, 3.05) is 20.8 Å². The van der Waals surface area contributed by atoms with Gasteiger partial charge in [0, 0.05) is 35.0 Å². The van der Waals surface area contributed by atoms with Crippen LogP contribution in [0.1, 0.15) is 44.6 Å². The van der Waals surface area contributed by atoms with Crippen LogP contribution in [0.5, 0.6) is 11.5 Å². The Hall–Kier alpha value is -2.76. The van der Waals surface area contributed by atoms with E-state index in [1.807, 2.05) is 19.1 Å². The third-order valence-electron chi connectivity index (χ3n) is 5.02. The van der Waals surface area contributed by atoms with Gasteiger partial charge in [-0.25, -0.2) is 4.79 Å². The van der Waals surface area contributed by atoms with Gasteiger partial charge in [-0.15, -0.1) is 0 Å². The SMILES string of the molecule is CCOC(=O)C1=C(C)NC2=C(C(=O)CCC2)C1c1ccc(OC)cc1OC. The van der Waals surface area contributed by atoms with Gasteiger partial charge in [-0.2, -0.15) is 0 Å². The Morgan fingerprint density at radius 1 is 1.22 bits per heavy atom. The summed E-state index contributed by atoms with van der Waals surface area (Å²) in [7, 11) is 3.15. The Bertz CT molecular complexity index is 837. The average molecular weight is 371 g/mol. The third kappa shape index (κ3) is 3.44. The molecule has 1 aliphatic carbocycles. The zero-order valence-electron chi connectivity index (χ0n) is 16.2. The van der Waals surface area contributed by atoms with E-state index in [2.05, 4.69) is 5.32 Å². The summed E-state index contributed by atoms with van der Waals surface area (Å²) in [5.41, 5.74) is 3.45. The second-order valence-electron chi connectivity index (χ2n) is 6.59. The van der Waals surface area contributed by atoms with E-state index < -0.39 is 11.9 Å². The second kappa shape index (κ2) is 7.86. The summed E-state index contributed by atoms with van der Waals surface area (Å²) in [5, 5.41) is 3.27. The van der Waals surface area contributed by atoms with E-state index in [-0.39, 0.29) is 12.4 Å². The molecule has 0 aromatic heterocycles. The number of carbonyl (C=O) groups excluding carboxylic acids is 2.